The van der Waals surface area contributed by atoms with Crippen LogP contribution in [0.4, 0.5) is 0 Å². The van der Waals surface area contributed by atoms with Gasteiger partial charge in [0.2, 0.25) is 0 Å². The van der Waals surface area contributed by atoms with Crippen LogP contribution < -0.4 is 5.56 Å². The molecule has 1 heterocycles. The lowest BCUT2D eigenvalue weighted by atomic mass is 10.1. The van der Waals surface area contributed by atoms with Crippen LogP contribution in [0.3, 0.4) is 0 Å². The van der Waals surface area contributed by atoms with Crippen molar-refractivity contribution in [1.29, 1.82) is 0 Å². The van der Waals surface area contributed by atoms with E-state index >= 15 is 0 Å². The molecule has 3 rings (SSSR count). The molecule has 0 unspecified atom stereocenters. The third-order valence-electron chi connectivity index (χ3n) is 2.91. The van der Waals surface area contributed by atoms with Crippen LogP contribution in [0.1, 0.15) is 0 Å². The van der Waals surface area contributed by atoms with Gasteiger partial charge < -0.3 is 4.98 Å². The molecule has 0 amide bonds. The van der Waals surface area contributed by atoms with Crippen LogP contribution in [-0.4, -0.2) is 4.98 Å². The second-order valence-electron chi connectivity index (χ2n) is 4.11. The summed E-state index contributed by atoms with van der Waals surface area (Å²) in [6, 6.07) is 17.7. The number of rotatable bonds is 1. The minimum atomic E-state index is -0.0401. The molecule has 0 fully saturated rings. The topological polar surface area (TPSA) is 32.9 Å². The predicted octanol–water partition coefficient (Wildman–Crippen LogP) is 3.80. The zero-order valence-electron chi connectivity index (χ0n) is 9.48. The zero-order chi connectivity index (χ0) is 12.5. The minimum absolute atomic E-state index is 0.0401. The lowest BCUT2D eigenvalue weighted by molar-refractivity contribution is 1.28. The van der Waals surface area contributed by atoms with Gasteiger partial charge in [-0.3, -0.25) is 4.79 Å². The Morgan fingerprint density at radius 1 is 0.944 bits per heavy atom. The Hall–Kier alpha value is -1.62. The standard InChI is InChI=1S/C15H10INO/c16-12-7-5-10(6-8-12)14-9-11-3-1-2-4-13(11)15(18)17-14/h1-9H,(H,17,18). The second kappa shape index (κ2) is 4.57. The predicted molar refractivity (Wildman–Crippen MR) is 82.7 cm³/mol. The van der Waals surface area contributed by atoms with E-state index in [2.05, 4.69) is 27.6 Å². The van der Waals surface area contributed by atoms with Crippen LogP contribution in [0.2, 0.25) is 0 Å². The number of aromatic nitrogens is 1. The molecule has 0 saturated carbocycles. The molecule has 1 N–H and O–H groups in total. The second-order valence-corrected chi connectivity index (χ2v) is 5.35. The lowest BCUT2D eigenvalue weighted by Gasteiger charge is -2.04. The number of benzene rings is 2. The fraction of sp³-hybridized carbons (Fsp3) is 0. The van der Waals surface area contributed by atoms with Crippen LogP contribution >= 0.6 is 22.6 Å². The van der Waals surface area contributed by atoms with Crippen LogP contribution in [0.25, 0.3) is 22.0 Å². The third kappa shape index (κ3) is 2.06. The summed E-state index contributed by atoms with van der Waals surface area (Å²) < 4.78 is 1.18. The Kier molecular flexibility index (Phi) is 2.91. The van der Waals surface area contributed by atoms with Gasteiger partial charge in [0.05, 0.1) is 0 Å². The first-order valence-electron chi connectivity index (χ1n) is 5.62. The summed E-state index contributed by atoms with van der Waals surface area (Å²) in [7, 11) is 0. The molecule has 0 aliphatic rings. The minimum Gasteiger partial charge on any atom is -0.321 e. The van der Waals surface area contributed by atoms with Crippen molar-refractivity contribution in [3.05, 3.63) is 68.5 Å². The molecule has 0 aliphatic heterocycles. The quantitative estimate of drug-likeness (QED) is 0.668. The lowest BCUT2D eigenvalue weighted by Crippen LogP contribution is -2.06. The molecule has 0 aliphatic carbocycles. The third-order valence-corrected chi connectivity index (χ3v) is 3.63. The molecule has 3 heteroatoms. The van der Waals surface area contributed by atoms with Crippen molar-refractivity contribution in [3.63, 3.8) is 0 Å². The van der Waals surface area contributed by atoms with E-state index in [1.807, 2.05) is 54.6 Å². The molecule has 18 heavy (non-hydrogen) atoms. The summed E-state index contributed by atoms with van der Waals surface area (Å²) in [6.07, 6.45) is 0. The summed E-state index contributed by atoms with van der Waals surface area (Å²) in [6.45, 7) is 0. The Morgan fingerprint density at radius 3 is 2.44 bits per heavy atom. The summed E-state index contributed by atoms with van der Waals surface area (Å²) in [5.74, 6) is 0. The highest BCUT2D eigenvalue weighted by molar-refractivity contribution is 14.1. The average Bonchev–Trinajstić information content (AvgIpc) is 2.39. The molecule has 0 radical (unpaired) electrons. The Morgan fingerprint density at radius 2 is 1.67 bits per heavy atom. The number of hydrogen-bond acceptors (Lipinski definition) is 1. The summed E-state index contributed by atoms with van der Waals surface area (Å²) >= 11 is 2.26. The van der Waals surface area contributed by atoms with E-state index in [1.165, 1.54) is 3.57 Å². The van der Waals surface area contributed by atoms with Crippen molar-refractivity contribution in [2.24, 2.45) is 0 Å². The molecule has 88 valence electrons. The first-order chi connectivity index (χ1) is 8.74. The van der Waals surface area contributed by atoms with Gasteiger partial charge in [-0.25, -0.2) is 0 Å². The van der Waals surface area contributed by atoms with Gasteiger partial charge in [0, 0.05) is 14.7 Å². The van der Waals surface area contributed by atoms with E-state index in [0.29, 0.717) is 0 Å². The van der Waals surface area contributed by atoms with Crippen molar-refractivity contribution >= 4 is 33.4 Å². The normalized spacial score (nSPS) is 10.7. The van der Waals surface area contributed by atoms with E-state index in [9.17, 15) is 4.79 Å². The zero-order valence-corrected chi connectivity index (χ0v) is 11.6. The van der Waals surface area contributed by atoms with E-state index < -0.39 is 0 Å². The first-order valence-corrected chi connectivity index (χ1v) is 6.70. The number of fused-ring (bicyclic) bond motifs is 1. The maximum absolute atomic E-state index is 12.0. The molecule has 2 aromatic carbocycles. The monoisotopic (exact) mass is 347 g/mol. The molecule has 0 spiro atoms. The van der Waals surface area contributed by atoms with Crippen LogP contribution in [0, 0.1) is 3.57 Å². The number of hydrogen-bond donors (Lipinski definition) is 1. The SMILES string of the molecule is O=c1[nH]c(-c2ccc(I)cc2)cc2ccccc12. The highest BCUT2D eigenvalue weighted by atomic mass is 127. The van der Waals surface area contributed by atoms with Gasteiger partial charge in [-0.2, -0.15) is 0 Å². The van der Waals surface area contributed by atoms with Gasteiger partial charge in [-0.1, -0.05) is 30.3 Å². The van der Waals surface area contributed by atoms with Crippen molar-refractivity contribution in [2.75, 3.05) is 0 Å². The van der Waals surface area contributed by atoms with Crippen LogP contribution in [-0.2, 0) is 0 Å². The summed E-state index contributed by atoms with van der Waals surface area (Å²) in [5, 5.41) is 1.70. The molecule has 0 saturated heterocycles. The fourth-order valence-electron chi connectivity index (χ4n) is 2.00. The highest BCUT2D eigenvalue weighted by Crippen LogP contribution is 2.20. The summed E-state index contributed by atoms with van der Waals surface area (Å²) in [5.41, 5.74) is 1.84. The number of pyridine rings is 1. The summed E-state index contributed by atoms with van der Waals surface area (Å²) in [4.78, 5) is 14.9. The van der Waals surface area contributed by atoms with Gasteiger partial charge in [0.25, 0.3) is 5.56 Å². The number of aromatic amines is 1. The maximum atomic E-state index is 12.0. The van der Waals surface area contributed by atoms with E-state index in [0.717, 1.165) is 22.0 Å². The van der Waals surface area contributed by atoms with E-state index in [-0.39, 0.29) is 5.56 Å². The molecular weight excluding hydrogens is 337 g/mol. The average molecular weight is 347 g/mol. The fourth-order valence-corrected chi connectivity index (χ4v) is 2.36. The van der Waals surface area contributed by atoms with E-state index in [1.54, 1.807) is 0 Å². The van der Waals surface area contributed by atoms with Crippen molar-refractivity contribution < 1.29 is 0 Å². The van der Waals surface area contributed by atoms with Crippen molar-refractivity contribution in [2.45, 2.75) is 0 Å². The molecule has 1 aromatic heterocycles. The molecular formula is C15H10INO. The first kappa shape index (κ1) is 11.5. The number of halogens is 1. The van der Waals surface area contributed by atoms with Crippen LogP contribution in [0.5, 0.6) is 0 Å². The number of nitrogens with one attached hydrogen (secondary N) is 1. The van der Waals surface area contributed by atoms with E-state index in [4.69, 9.17) is 0 Å². The molecule has 3 aromatic rings. The number of H-pyrrole nitrogens is 1. The Balaban J connectivity index is 2.24. The molecule has 2 nitrogen and oxygen atoms in total. The van der Waals surface area contributed by atoms with Crippen LogP contribution in [0.15, 0.2) is 59.4 Å². The van der Waals surface area contributed by atoms with Crippen molar-refractivity contribution in [1.82, 2.24) is 4.98 Å². The van der Waals surface area contributed by atoms with Gasteiger partial charge >= 0.3 is 0 Å². The molecule has 0 bridgehead atoms. The van der Waals surface area contributed by atoms with Crippen molar-refractivity contribution in [3.8, 4) is 11.3 Å². The Bertz CT molecular complexity index is 759. The smallest absolute Gasteiger partial charge is 0.256 e. The largest absolute Gasteiger partial charge is 0.321 e. The van der Waals surface area contributed by atoms with Gasteiger partial charge in [-0.05, 0) is 57.8 Å². The van der Waals surface area contributed by atoms with Gasteiger partial charge in [0.15, 0.2) is 0 Å². The van der Waals surface area contributed by atoms with Gasteiger partial charge in [-0.15, -0.1) is 0 Å². The molecule has 0 atom stereocenters. The Labute approximate surface area is 118 Å². The highest BCUT2D eigenvalue weighted by Gasteiger charge is 2.03. The van der Waals surface area contributed by atoms with Gasteiger partial charge in [0.1, 0.15) is 0 Å². The maximum Gasteiger partial charge on any atom is 0.256 e.